The molecule has 3 rings (SSSR count). The highest BCUT2D eigenvalue weighted by Gasteiger charge is 2.19. The summed E-state index contributed by atoms with van der Waals surface area (Å²) >= 11 is 0. The van der Waals surface area contributed by atoms with Gasteiger partial charge in [-0.1, -0.05) is 42.5 Å². The van der Waals surface area contributed by atoms with Crippen molar-refractivity contribution in [3.63, 3.8) is 0 Å². The minimum Gasteiger partial charge on any atom is -0.486 e. The van der Waals surface area contributed by atoms with Crippen molar-refractivity contribution in [2.24, 2.45) is 0 Å². The van der Waals surface area contributed by atoms with Crippen LogP contribution < -0.4 is 14.8 Å². The van der Waals surface area contributed by atoms with Gasteiger partial charge in [-0.2, -0.15) is 0 Å². The van der Waals surface area contributed by atoms with E-state index in [2.05, 4.69) is 35.6 Å². The van der Waals surface area contributed by atoms with Gasteiger partial charge in [-0.25, -0.2) is 0 Å². The summed E-state index contributed by atoms with van der Waals surface area (Å²) < 4.78 is 11.6. The minimum atomic E-state index is 0.0941. The normalized spacial score (nSPS) is 16.7. The Labute approximate surface area is 125 Å². The number of benzene rings is 2. The van der Waals surface area contributed by atoms with Gasteiger partial charge in [0.1, 0.15) is 12.7 Å². The molecule has 1 aliphatic rings. The first-order valence-electron chi connectivity index (χ1n) is 7.55. The molecule has 0 fully saturated rings. The standard InChI is InChI=1S/C18H21NO2/c1-2-7-15(8-3-1)9-6-12-19-13-16-14-20-17-10-4-5-11-18(17)21-16/h1-5,7-8,10-11,16,19H,6,9,12-14H2/t16-/m0/s1. The van der Waals surface area contributed by atoms with Crippen molar-refractivity contribution in [2.75, 3.05) is 19.7 Å². The molecule has 3 nitrogen and oxygen atoms in total. The largest absolute Gasteiger partial charge is 0.486 e. The third kappa shape index (κ3) is 3.99. The molecule has 0 amide bonds. The molecule has 0 spiro atoms. The van der Waals surface area contributed by atoms with Gasteiger partial charge in [0, 0.05) is 6.54 Å². The van der Waals surface area contributed by atoms with Gasteiger partial charge in [0.25, 0.3) is 0 Å². The van der Waals surface area contributed by atoms with Crippen molar-refractivity contribution in [3.05, 3.63) is 60.2 Å². The smallest absolute Gasteiger partial charge is 0.161 e. The summed E-state index contributed by atoms with van der Waals surface area (Å²) in [6, 6.07) is 18.4. The molecule has 0 saturated heterocycles. The van der Waals surface area contributed by atoms with Gasteiger partial charge < -0.3 is 14.8 Å². The molecule has 1 atom stereocenters. The average Bonchev–Trinajstić information content (AvgIpc) is 2.55. The molecule has 0 aromatic heterocycles. The van der Waals surface area contributed by atoms with Crippen LogP contribution in [0.15, 0.2) is 54.6 Å². The van der Waals surface area contributed by atoms with Crippen molar-refractivity contribution < 1.29 is 9.47 Å². The first-order valence-corrected chi connectivity index (χ1v) is 7.55. The Morgan fingerprint density at radius 3 is 2.57 bits per heavy atom. The van der Waals surface area contributed by atoms with Crippen LogP contribution in [-0.2, 0) is 6.42 Å². The summed E-state index contributed by atoms with van der Waals surface area (Å²) in [5.74, 6) is 1.69. The van der Waals surface area contributed by atoms with Crippen LogP contribution in [0.25, 0.3) is 0 Å². The number of rotatable bonds is 6. The van der Waals surface area contributed by atoms with Crippen LogP contribution in [0.2, 0.25) is 0 Å². The lowest BCUT2D eigenvalue weighted by Gasteiger charge is -2.26. The van der Waals surface area contributed by atoms with Crippen molar-refractivity contribution >= 4 is 0 Å². The molecule has 1 heterocycles. The summed E-state index contributed by atoms with van der Waals surface area (Å²) in [5.41, 5.74) is 1.39. The molecule has 0 bridgehead atoms. The van der Waals surface area contributed by atoms with E-state index in [0.717, 1.165) is 37.4 Å². The second kappa shape index (κ2) is 7.14. The lowest BCUT2D eigenvalue weighted by molar-refractivity contribution is 0.0905. The Hall–Kier alpha value is -2.00. The Balaban J connectivity index is 1.35. The van der Waals surface area contributed by atoms with Gasteiger partial charge in [-0.3, -0.25) is 0 Å². The SMILES string of the molecule is c1ccc(CCCNC[C@H]2COc3ccccc3O2)cc1. The molecule has 21 heavy (non-hydrogen) atoms. The fourth-order valence-electron chi connectivity index (χ4n) is 2.49. The number of hydrogen-bond donors (Lipinski definition) is 1. The molecule has 110 valence electrons. The van der Waals surface area contributed by atoms with E-state index in [-0.39, 0.29) is 6.10 Å². The zero-order valence-corrected chi connectivity index (χ0v) is 12.1. The van der Waals surface area contributed by atoms with Crippen LogP contribution in [0.3, 0.4) is 0 Å². The van der Waals surface area contributed by atoms with Crippen LogP contribution in [0.4, 0.5) is 0 Å². The molecule has 2 aromatic carbocycles. The molecule has 0 radical (unpaired) electrons. The molecule has 3 heteroatoms. The highest BCUT2D eigenvalue weighted by molar-refractivity contribution is 5.40. The maximum atomic E-state index is 5.91. The molecule has 0 saturated carbocycles. The number of aryl methyl sites for hydroxylation is 1. The monoisotopic (exact) mass is 283 g/mol. The second-order valence-electron chi connectivity index (χ2n) is 5.29. The summed E-state index contributed by atoms with van der Waals surface area (Å²) in [7, 11) is 0. The van der Waals surface area contributed by atoms with Crippen molar-refractivity contribution in [2.45, 2.75) is 18.9 Å². The first-order chi connectivity index (χ1) is 10.4. The van der Waals surface area contributed by atoms with E-state index < -0.39 is 0 Å². The van der Waals surface area contributed by atoms with Gasteiger partial charge in [0.2, 0.25) is 0 Å². The third-order valence-corrected chi connectivity index (χ3v) is 3.60. The van der Waals surface area contributed by atoms with Crippen molar-refractivity contribution in [1.29, 1.82) is 0 Å². The number of para-hydroxylation sites is 2. The maximum absolute atomic E-state index is 5.91. The number of ether oxygens (including phenoxy) is 2. The zero-order valence-electron chi connectivity index (χ0n) is 12.1. The molecule has 2 aromatic rings. The van der Waals surface area contributed by atoms with E-state index in [1.807, 2.05) is 24.3 Å². The van der Waals surface area contributed by atoms with Crippen LogP contribution in [0.1, 0.15) is 12.0 Å². The molecule has 1 aliphatic heterocycles. The average molecular weight is 283 g/mol. The lowest BCUT2D eigenvalue weighted by Crippen LogP contribution is -2.38. The highest BCUT2D eigenvalue weighted by Crippen LogP contribution is 2.30. The van der Waals surface area contributed by atoms with Gasteiger partial charge in [-0.05, 0) is 37.1 Å². The zero-order chi connectivity index (χ0) is 14.3. The predicted molar refractivity (Wildman–Crippen MR) is 84.0 cm³/mol. The topological polar surface area (TPSA) is 30.5 Å². The van der Waals surface area contributed by atoms with Crippen molar-refractivity contribution in [1.82, 2.24) is 5.32 Å². The molecule has 1 N–H and O–H groups in total. The summed E-state index contributed by atoms with van der Waals surface area (Å²) in [6.07, 6.45) is 2.34. The molecular weight excluding hydrogens is 262 g/mol. The number of hydrogen-bond acceptors (Lipinski definition) is 3. The van der Waals surface area contributed by atoms with E-state index in [1.165, 1.54) is 5.56 Å². The van der Waals surface area contributed by atoms with Crippen molar-refractivity contribution in [3.8, 4) is 11.5 Å². The number of nitrogens with one attached hydrogen (secondary N) is 1. The summed E-state index contributed by atoms with van der Waals surface area (Å²) in [4.78, 5) is 0. The third-order valence-electron chi connectivity index (χ3n) is 3.60. The Morgan fingerprint density at radius 1 is 0.952 bits per heavy atom. The molecular formula is C18H21NO2. The van der Waals surface area contributed by atoms with E-state index in [1.54, 1.807) is 0 Å². The van der Waals surface area contributed by atoms with Crippen LogP contribution in [0.5, 0.6) is 11.5 Å². The Morgan fingerprint density at radius 2 is 1.71 bits per heavy atom. The van der Waals surface area contributed by atoms with Crippen LogP contribution in [0, 0.1) is 0 Å². The maximum Gasteiger partial charge on any atom is 0.161 e. The Kier molecular flexibility index (Phi) is 4.74. The van der Waals surface area contributed by atoms with Crippen LogP contribution in [-0.4, -0.2) is 25.8 Å². The minimum absolute atomic E-state index is 0.0941. The van der Waals surface area contributed by atoms with Gasteiger partial charge in [0.05, 0.1) is 0 Å². The molecule has 0 aliphatic carbocycles. The van der Waals surface area contributed by atoms with E-state index in [4.69, 9.17) is 9.47 Å². The van der Waals surface area contributed by atoms with E-state index >= 15 is 0 Å². The first kappa shape index (κ1) is 14.0. The fourth-order valence-corrected chi connectivity index (χ4v) is 2.49. The van der Waals surface area contributed by atoms with Gasteiger partial charge in [-0.15, -0.1) is 0 Å². The summed E-state index contributed by atoms with van der Waals surface area (Å²) in [5, 5.41) is 3.45. The fraction of sp³-hybridized carbons (Fsp3) is 0.333. The summed E-state index contributed by atoms with van der Waals surface area (Å²) in [6.45, 7) is 2.43. The van der Waals surface area contributed by atoms with E-state index in [0.29, 0.717) is 6.61 Å². The highest BCUT2D eigenvalue weighted by atomic mass is 16.6. The lowest BCUT2D eigenvalue weighted by atomic mass is 10.1. The Bertz CT molecular complexity index is 556. The molecule has 0 unspecified atom stereocenters. The van der Waals surface area contributed by atoms with Crippen LogP contribution >= 0.6 is 0 Å². The number of fused-ring (bicyclic) bond motifs is 1. The second-order valence-corrected chi connectivity index (χ2v) is 5.29. The van der Waals surface area contributed by atoms with E-state index in [9.17, 15) is 0 Å². The van der Waals surface area contributed by atoms with Gasteiger partial charge >= 0.3 is 0 Å². The quantitative estimate of drug-likeness (QED) is 0.827. The predicted octanol–water partition coefficient (Wildman–Crippen LogP) is 3.05. The van der Waals surface area contributed by atoms with Gasteiger partial charge in [0.15, 0.2) is 11.5 Å².